The van der Waals surface area contributed by atoms with Crippen molar-refractivity contribution in [1.82, 2.24) is 15.1 Å². The van der Waals surface area contributed by atoms with Gasteiger partial charge in [0.05, 0.1) is 12.2 Å². The minimum absolute atomic E-state index is 0.103. The maximum atomic E-state index is 13.6. The zero-order valence-corrected chi connectivity index (χ0v) is 14.3. The fourth-order valence-corrected chi connectivity index (χ4v) is 2.58. The molecule has 1 aliphatic rings. The number of nitrogens with one attached hydrogen (secondary N) is 1. The predicted octanol–water partition coefficient (Wildman–Crippen LogP) is 1.24. The van der Waals surface area contributed by atoms with Gasteiger partial charge in [-0.2, -0.15) is 0 Å². The highest BCUT2D eigenvalue weighted by Crippen LogP contribution is 2.09. The van der Waals surface area contributed by atoms with Crippen LogP contribution >= 0.6 is 0 Å². The Morgan fingerprint density at radius 1 is 1.16 bits per heavy atom. The van der Waals surface area contributed by atoms with Gasteiger partial charge < -0.3 is 19.9 Å². The SMILES string of the molecule is CCOC(=O)N1CCN(C(=O)[C@@H](C)NC(=O)c2ccccc2F)CC1. The van der Waals surface area contributed by atoms with E-state index >= 15 is 0 Å². The monoisotopic (exact) mass is 351 g/mol. The van der Waals surface area contributed by atoms with Crippen LogP contribution in [0.15, 0.2) is 24.3 Å². The number of hydrogen-bond acceptors (Lipinski definition) is 4. The maximum absolute atomic E-state index is 13.6. The van der Waals surface area contributed by atoms with Crippen molar-refractivity contribution in [3.63, 3.8) is 0 Å². The lowest BCUT2D eigenvalue weighted by Gasteiger charge is -2.35. The molecule has 0 saturated carbocycles. The summed E-state index contributed by atoms with van der Waals surface area (Å²) in [5.41, 5.74) is -0.103. The summed E-state index contributed by atoms with van der Waals surface area (Å²) in [6.07, 6.45) is -0.393. The van der Waals surface area contributed by atoms with Gasteiger partial charge in [-0.15, -0.1) is 0 Å². The van der Waals surface area contributed by atoms with Gasteiger partial charge in [0.2, 0.25) is 5.91 Å². The van der Waals surface area contributed by atoms with E-state index in [1.54, 1.807) is 24.8 Å². The predicted molar refractivity (Wildman–Crippen MR) is 88.5 cm³/mol. The number of nitrogens with zero attached hydrogens (tertiary/aromatic N) is 2. The molecule has 0 unspecified atom stereocenters. The molecule has 0 aromatic heterocycles. The molecule has 0 bridgehead atoms. The molecule has 8 heteroatoms. The lowest BCUT2D eigenvalue weighted by molar-refractivity contribution is -0.134. The Balaban J connectivity index is 1.88. The van der Waals surface area contributed by atoms with Crippen molar-refractivity contribution in [2.75, 3.05) is 32.8 Å². The molecule has 1 heterocycles. The van der Waals surface area contributed by atoms with Crippen molar-refractivity contribution in [3.8, 4) is 0 Å². The lowest BCUT2D eigenvalue weighted by atomic mass is 10.1. The second-order valence-electron chi connectivity index (χ2n) is 5.69. The van der Waals surface area contributed by atoms with E-state index in [0.29, 0.717) is 32.8 Å². The number of halogens is 1. The summed E-state index contributed by atoms with van der Waals surface area (Å²) in [4.78, 5) is 39.3. The van der Waals surface area contributed by atoms with Gasteiger partial charge in [0, 0.05) is 26.2 Å². The number of hydrogen-bond donors (Lipinski definition) is 1. The third-order valence-electron chi connectivity index (χ3n) is 3.95. The van der Waals surface area contributed by atoms with Crippen molar-refractivity contribution in [2.45, 2.75) is 19.9 Å². The Bertz CT molecular complexity index is 645. The standard InChI is InChI=1S/C17H22FN3O4/c1-3-25-17(24)21-10-8-20(9-11-21)16(23)12(2)19-15(22)13-6-4-5-7-14(13)18/h4-7,12H,3,8-11H2,1-2H3,(H,19,22)/t12-/m1/s1. The normalized spacial score (nSPS) is 15.5. The molecule has 136 valence electrons. The van der Waals surface area contributed by atoms with Gasteiger partial charge in [-0.1, -0.05) is 12.1 Å². The van der Waals surface area contributed by atoms with Crippen molar-refractivity contribution < 1.29 is 23.5 Å². The summed E-state index contributed by atoms with van der Waals surface area (Å²) in [7, 11) is 0. The third-order valence-corrected chi connectivity index (χ3v) is 3.95. The lowest BCUT2D eigenvalue weighted by Crippen LogP contribution is -2.55. The molecular weight excluding hydrogens is 329 g/mol. The van der Waals surface area contributed by atoms with Crippen LogP contribution in [0.3, 0.4) is 0 Å². The summed E-state index contributed by atoms with van der Waals surface area (Å²) in [5, 5.41) is 2.51. The Morgan fingerprint density at radius 2 is 1.76 bits per heavy atom. The first kappa shape index (κ1) is 18.7. The van der Waals surface area contributed by atoms with E-state index in [2.05, 4.69) is 5.32 Å². The molecule has 2 rings (SSSR count). The number of carbonyl (C=O) groups is 3. The first-order chi connectivity index (χ1) is 11.9. The number of amides is 3. The Kier molecular flexibility index (Phi) is 6.32. The Hall–Kier alpha value is -2.64. The number of ether oxygens (including phenoxy) is 1. The minimum Gasteiger partial charge on any atom is -0.450 e. The average molecular weight is 351 g/mol. The highest BCUT2D eigenvalue weighted by molar-refractivity contribution is 5.97. The number of piperazine rings is 1. The second-order valence-corrected chi connectivity index (χ2v) is 5.69. The van der Waals surface area contributed by atoms with Gasteiger partial charge in [0.25, 0.3) is 5.91 Å². The molecule has 1 N–H and O–H groups in total. The molecule has 7 nitrogen and oxygen atoms in total. The largest absolute Gasteiger partial charge is 0.450 e. The molecule has 1 aromatic carbocycles. The fourth-order valence-electron chi connectivity index (χ4n) is 2.58. The van der Waals surface area contributed by atoms with Crippen molar-refractivity contribution in [1.29, 1.82) is 0 Å². The van der Waals surface area contributed by atoms with Crippen LogP contribution in [0, 0.1) is 5.82 Å². The summed E-state index contributed by atoms with van der Waals surface area (Å²) in [6.45, 7) is 5.06. The molecule has 1 aliphatic heterocycles. The average Bonchev–Trinajstić information content (AvgIpc) is 2.61. The van der Waals surface area contributed by atoms with Crippen LogP contribution in [0.1, 0.15) is 24.2 Å². The number of rotatable bonds is 4. The van der Waals surface area contributed by atoms with E-state index in [0.717, 1.165) is 0 Å². The Morgan fingerprint density at radius 3 is 2.36 bits per heavy atom. The Labute approximate surface area is 145 Å². The van der Waals surface area contributed by atoms with E-state index in [4.69, 9.17) is 4.74 Å². The summed E-state index contributed by atoms with van der Waals surface area (Å²) in [5.74, 6) is -1.54. The molecule has 1 saturated heterocycles. The molecule has 1 fully saturated rings. The number of carbonyl (C=O) groups excluding carboxylic acids is 3. The summed E-state index contributed by atoms with van der Waals surface area (Å²) in [6, 6.07) is 4.81. The van der Waals surface area contributed by atoms with Crippen LogP contribution in [-0.2, 0) is 9.53 Å². The van der Waals surface area contributed by atoms with E-state index in [9.17, 15) is 18.8 Å². The van der Waals surface area contributed by atoms with Gasteiger partial charge in [-0.25, -0.2) is 9.18 Å². The molecule has 1 atom stereocenters. The van der Waals surface area contributed by atoms with Gasteiger partial charge in [-0.3, -0.25) is 9.59 Å². The zero-order chi connectivity index (χ0) is 18.4. The highest BCUT2D eigenvalue weighted by atomic mass is 19.1. The van der Waals surface area contributed by atoms with Crippen LogP contribution < -0.4 is 5.32 Å². The number of benzene rings is 1. The van der Waals surface area contributed by atoms with Gasteiger partial charge in [0.15, 0.2) is 0 Å². The van der Waals surface area contributed by atoms with Crippen LogP contribution in [0.2, 0.25) is 0 Å². The molecule has 0 radical (unpaired) electrons. The van der Waals surface area contributed by atoms with Crippen LogP contribution in [0.25, 0.3) is 0 Å². The molecular formula is C17H22FN3O4. The maximum Gasteiger partial charge on any atom is 0.409 e. The molecule has 1 aromatic rings. The van der Waals surface area contributed by atoms with E-state index < -0.39 is 23.9 Å². The van der Waals surface area contributed by atoms with Crippen molar-refractivity contribution in [2.24, 2.45) is 0 Å². The van der Waals surface area contributed by atoms with Crippen molar-refractivity contribution >= 4 is 17.9 Å². The van der Waals surface area contributed by atoms with Crippen LogP contribution in [-0.4, -0.2) is 66.5 Å². The van der Waals surface area contributed by atoms with Gasteiger partial charge >= 0.3 is 6.09 Å². The smallest absolute Gasteiger partial charge is 0.409 e. The molecule has 3 amide bonds. The van der Waals surface area contributed by atoms with E-state index in [1.165, 1.54) is 23.1 Å². The van der Waals surface area contributed by atoms with E-state index in [1.807, 2.05) is 0 Å². The first-order valence-corrected chi connectivity index (χ1v) is 8.20. The molecule has 25 heavy (non-hydrogen) atoms. The quantitative estimate of drug-likeness (QED) is 0.885. The zero-order valence-electron chi connectivity index (χ0n) is 14.3. The van der Waals surface area contributed by atoms with Gasteiger partial charge in [0.1, 0.15) is 11.9 Å². The summed E-state index contributed by atoms with van der Waals surface area (Å²) >= 11 is 0. The topological polar surface area (TPSA) is 79.0 Å². The summed E-state index contributed by atoms with van der Waals surface area (Å²) < 4.78 is 18.6. The fraction of sp³-hybridized carbons (Fsp3) is 0.471. The van der Waals surface area contributed by atoms with E-state index in [-0.39, 0.29) is 11.5 Å². The minimum atomic E-state index is -0.791. The second kappa shape index (κ2) is 8.46. The third kappa shape index (κ3) is 4.68. The van der Waals surface area contributed by atoms with Gasteiger partial charge in [-0.05, 0) is 26.0 Å². The molecule has 0 aliphatic carbocycles. The highest BCUT2D eigenvalue weighted by Gasteiger charge is 2.28. The molecule has 0 spiro atoms. The van der Waals surface area contributed by atoms with Crippen molar-refractivity contribution in [3.05, 3.63) is 35.6 Å². The van der Waals surface area contributed by atoms with Crippen LogP contribution in [0.5, 0.6) is 0 Å². The van der Waals surface area contributed by atoms with Crippen LogP contribution in [0.4, 0.5) is 9.18 Å². The first-order valence-electron chi connectivity index (χ1n) is 8.20.